The highest BCUT2D eigenvalue weighted by molar-refractivity contribution is 8.00. The largest absolute Gasteiger partial charge is 0.280 e. The summed E-state index contributed by atoms with van der Waals surface area (Å²) in [6.07, 6.45) is 0. The van der Waals surface area contributed by atoms with Gasteiger partial charge in [0.05, 0.1) is 5.37 Å². The highest BCUT2D eigenvalue weighted by Gasteiger charge is 2.07. The predicted octanol–water partition coefficient (Wildman–Crippen LogP) is 1.54. The molecule has 7 heavy (non-hydrogen) atoms. The van der Waals surface area contributed by atoms with Crippen molar-refractivity contribution < 1.29 is 0 Å². The zero-order valence-corrected chi connectivity index (χ0v) is 5.46. The third-order valence-electron chi connectivity index (χ3n) is 0.936. The first-order valence-corrected chi connectivity index (χ1v) is 3.49. The van der Waals surface area contributed by atoms with E-state index in [-0.39, 0.29) is 0 Å². The molecule has 0 fully saturated rings. The topological polar surface area (TPSA) is 12.4 Å². The van der Waals surface area contributed by atoms with E-state index in [9.17, 15) is 0 Å². The van der Waals surface area contributed by atoms with Gasteiger partial charge < -0.3 is 0 Å². The second kappa shape index (κ2) is 1.86. The summed E-state index contributed by atoms with van der Waals surface area (Å²) >= 11 is 1.90. The molecule has 1 nitrogen and oxygen atoms in total. The van der Waals surface area contributed by atoms with Gasteiger partial charge in [0.2, 0.25) is 0 Å². The lowest BCUT2D eigenvalue weighted by Crippen LogP contribution is -1.84. The Morgan fingerprint density at radius 3 is 2.71 bits per heavy atom. The molecule has 1 aliphatic rings. The Kier molecular flexibility index (Phi) is 1.38. The molecule has 0 aliphatic carbocycles. The van der Waals surface area contributed by atoms with Crippen LogP contribution in [0.3, 0.4) is 0 Å². The normalized spacial score (nSPS) is 30.6. The molecule has 0 spiro atoms. The summed E-state index contributed by atoms with van der Waals surface area (Å²) in [6.45, 7) is 4.21. The molecule has 2 heteroatoms. The Morgan fingerprint density at radius 2 is 2.57 bits per heavy atom. The average Bonchev–Trinajstić information content (AvgIpc) is 1.87. The summed E-state index contributed by atoms with van der Waals surface area (Å²) in [5.74, 6) is 1.14. The van der Waals surface area contributed by atoms with Crippen LogP contribution in [-0.4, -0.2) is 16.8 Å². The van der Waals surface area contributed by atoms with Gasteiger partial charge in [0.25, 0.3) is 0 Å². The van der Waals surface area contributed by atoms with Gasteiger partial charge in [-0.1, -0.05) is 0 Å². The van der Waals surface area contributed by atoms with Gasteiger partial charge in [-0.2, -0.15) is 0 Å². The van der Waals surface area contributed by atoms with E-state index in [1.54, 1.807) is 0 Å². The minimum atomic E-state index is 0.528. The summed E-state index contributed by atoms with van der Waals surface area (Å²) in [7, 11) is 0. The summed E-state index contributed by atoms with van der Waals surface area (Å²) in [5.41, 5.74) is 1.29. The third-order valence-corrected chi connectivity index (χ3v) is 2.11. The lowest BCUT2D eigenvalue weighted by Gasteiger charge is -1.88. The van der Waals surface area contributed by atoms with Crippen LogP contribution in [0.1, 0.15) is 13.8 Å². The van der Waals surface area contributed by atoms with Crippen molar-refractivity contribution in [3.05, 3.63) is 0 Å². The number of aliphatic imine (C=N–C) groups is 1. The van der Waals surface area contributed by atoms with Gasteiger partial charge in [-0.3, -0.25) is 4.99 Å². The molecular weight excluding hydrogens is 106 g/mol. The fourth-order valence-corrected chi connectivity index (χ4v) is 1.44. The molecule has 0 amide bonds. The average molecular weight is 115 g/mol. The molecule has 40 valence electrons. The van der Waals surface area contributed by atoms with Crippen molar-refractivity contribution in [2.45, 2.75) is 19.2 Å². The zero-order chi connectivity index (χ0) is 5.28. The Morgan fingerprint density at radius 1 is 1.86 bits per heavy atom. The number of hydrogen-bond donors (Lipinski definition) is 0. The first-order chi connectivity index (χ1) is 3.29. The lowest BCUT2D eigenvalue weighted by molar-refractivity contribution is 1.06. The van der Waals surface area contributed by atoms with Gasteiger partial charge in [-0.05, 0) is 13.8 Å². The van der Waals surface area contributed by atoms with Crippen molar-refractivity contribution in [3.8, 4) is 0 Å². The van der Waals surface area contributed by atoms with E-state index < -0.39 is 0 Å². The van der Waals surface area contributed by atoms with Crippen LogP contribution in [0.15, 0.2) is 4.99 Å². The molecule has 0 radical (unpaired) electrons. The van der Waals surface area contributed by atoms with E-state index in [0.29, 0.717) is 5.37 Å². The molecule has 1 atom stereocenters. The van der Waals surface area contributed by atoms with Crippen LogP contribution in [0.5, 0.6) is 0 Å². The molecule has 1 heterocycles. The van der Waals surface area contributed by atoms with E-state index in [4.69, 9.17) is 0 Å². The Balaban J connectivity index is 2.50. The SMILES string of the molecule is CC1=NC(C)SC1. The number of rotatable bonds is 0. The maximum absolute atomic E-state index is 4.27. The highest BCUT2D eigenvalue weighted by atomic mass is 32.2. The van der Waals surface area contributed by atoms with Crippen molar-refractivity contribution >= 4 is 17.5 Å². The van der Waals surface area contributed by atoms with Gasteiger partial charge in [0.1, 0.15) is 0 Å². The molecule has 0 saturated heterocycles. The van der Waals surface area contributed by atoms with Gasteiger partial charge in [0.15, 0.2) is 0 Å². The second-order valence-corrected chi connectivity index (χ2v) is 3.08. The quantitative estimate of drug-likeness (QED) is 0.466. The van der Waals surface area contributed by atoms with Crippen molar-refractivity contribution in [1.82, 2.24) is 0 Å². The fourth-order valence-electron chi connectivity index (χ4n) is 0.626. The van der Waals surface area contributed by atoms with E-state index in [2.05, 4.69) is 18.8 Å². The molecule has 1 aliphatic heterocycles. The number of hydrogen-bond acceptors (Lipinski definition) is 2. The van der Waals surface area contributed by atoms with Crippen molar-refractivity contribution in [3.63, 3.8) is 0 Å². The van der Waals surface area contributed by atoms with Crippen LogP contribution >= 0.6 is 11.8 Å². The Bertz CT molecular complexity index is 98.3. The van der Waals surface area contributed by atoms with Crippen LogP contribution in [0.4, 0.5) is 0 Å². The number of thioether (sulfide) groups is 1. The molecular formula is C5H9NS. The maximum atomic E-state index is 4.27. The highest BCUT2D eigenvalue weighted by Crippen LogP contribution is 2.18. The second-order valence-electron chi connectivity index (χ2n) is 1.77. The van der Waals surface area contributed by atoms with Gasteiger partial charge in [0, 0.05) is 11.5 Å². The Labute approximate surface area is 48.2 Å². The van der Waals surface area contributed by atoms with E-state index in [0.717, 1.165) is 5.75 Å². The summed E-state index contributed by atoms with van der Waals surface area (Å²) in [5, 5.41) is 0.528. The summed E-state index contributed by atoms with van der Waals surface area (Å²) in [4.78, 5) is 4.27. The molecule has 0 saturated carbocycles. The molecule has 0 aromatic rings. The fraction of sp³-hybridized carbons (Fsp3) is 0.800. The predicted molar refractivity (Wildman–Crippen MR) is 35.0 cm³/mol. The van der Waals surface area contributed by atoms with Gasteiger partial charge in [-0.15, -0.1) is 11.8 Å². The van der Waals surface area contributed by atoms with Crippen molar-refractivity contribution in [2.24, 2.45) is 4.99 Å². The standard InChI is InChI=1S/C5H9NS/c1-4-3-7-5(2)6-4/h5H,3H2,1-2H3. The van der Waals surface area contributed by atoms with E-state index in [1.807, 2.05) is 11.8 Å². The van der Waals surface area contributed by atoms with E-state index in [1.165, 1.54) is 5.71 Å². The molecule has 1 rings (SSSR count). The van der Waals surface area contributed by atoms with Crippen LogP contribution in [0.25, 0.3) is 0 Å². The lowest BCUT2D eigenvalue weighted by atomic mass is 10.5. The zero-order valence-electron chi connectivity index (χ0n) is 4.64. The third kappa shape index (κ3) is 1.20. The molecule has 1 unspecified atom stereocenters. The van der Waals surface area contributed by atoms with Gasteiger partial charge >= 0.3 is 0 Å². The van der Waals surface area contributed by atoms with Crippen molar-refractivity contribution in [1.29, 1.82) is 0 Å². The summed E-state index contributed by atoms with van der Waals surface area (Å²) in [6, 6.07) is 0. The first-order valence-electron chi connectivity index (χ1n) is 2.44. The summed E-state index contributed by atoms with van der Waals surface area (Å²) < 4.78 is 0. The van der Waals surface area contributed by atoms with E-state index >= 15 is 0 Å². The molecule has 0 N–H and O–H groups in total. The van der Waals surface area contributed by atoms with Crippen LogP contribution < -0.4 is 0 Å². The van der Waals surface area contributed by atoms with Crippen LogP contribution in [0, 0.1) is 0 Å². The minimum absolute atomic E-state index is 0.528. The minimum Gasteiger partial charge on any atom is -0.280 e. The van der Waals surface area contributed by atoms with Crippen LogP contribution in [0.2, 0.25) is 0 Å². The molecule has 0 aromatic heterocycles. The maximum Gasteiger partial charge on any atom is 0.0926 e. The van der Waals surface area contributed by atoms with Gasteiger partial charge in [-0.25, -0.2) is 0 Å². The molecule has 0 bridgehead atoms. The molecule has 0 aromatic carbocycles. The Hall–Kier alpha value is 0.0200. The monoisotopic (exact) mass is 115 g/mol. The first kappa shape index (κ1) is 5.16. The van der Waals surface area contributed by atoms with Crippen molar-refractivity contribution in [2.75, 3.05) is 5.75 Å². The van der Waals surface area contributed by atoms with Crippen LogP contribution in [-0.2, 0) is 0 Å². The number of nitrogens with zero attached hydrogens (tertiary/aromatic N) is 1. The smallest absolute Gasteiger partial charge is 0.0926 e.